The molecule has 0 spiro atoms. The summed E-state index contributed by atoms with van der Waals surface area (Å²) in [5.41, 5.74) is 1.27. The van der Waals surface area contributed by atoms with E-state index in [4.69, 9.17) is 4.42 Å². The molecule has 3 aromatic rings. The van der Waals surface area contributed by atoms with Gasteiger partial charge in [-0.2, -0.15) is 0 Å². The van der Waals surface area contributed by atoms with Gasteiger partial charge in [0.25, 0.3) is 0 Å². The van der Waals surface area contributed by atoms with Crippen molar-refractivity contribution in [1.29, 1.82) is 0 Å². The molecule has 0 unspecified atom stereocenters. The van der Waals surface area contributed by atoms with E-state index in [0.717, 1.165) is 11.1 Å². The van der Waals surface area contributed by atoms with Crippen LogP contribution in [0.5, 0.6) is 23.0 Å². The maximum absolute atomic E-state index is 13.9. The Kier molecular flexibility index (Phi) is 6.56. The highest BCUT2D eigenvalue weighted by molar-refractivity contribution is 6.00. The van der Waals surface area contributed by atoms with Crippen LogP contribution in [0.3, 0.4) is 0 Å². The zero-order valence-electron chi connectivity index (χ0n) is 20.5. The van der Waals surface area contributed by atoms with Crippen LogP contribution in [0.2, 0.25) is 0 Å². The van der Waals surface area contributed by atoms with Gasteiger partial charge in [0, 0.05) is 16.5 Å². The molecule has 0 aliphatic rings. The Balaban J connectivity index is 2.64. The van der Waals surface area contributed by atoms with Gasteiger partial charge in [0.1, 0.15) is 22.5 Å². The second-order valence-corrected chi connectivity index (χ2v) is 9.69. The van der Waals surface area contributed by atoms with E-state index in [9.17, 15) is 25.2 Å². The first-order valence-electron chi connectivity index (χ1n) is 11.1. The lowest BCUT2D eigenvalue weighted by Gasteiger charge is -2.25. The van der Waals surface area contributed by atoms with Crippen molar-refractivity contribution in [3.63, 3.8) is 0 Å². The van der Waals surface area contributed by atoms with Gasteiger partial charge in [-0.3, -0.25) is 4.79 Å². The molecule has 1 aromatic heterocycles. The van der Waals surface area contributed by atoms with Gasteiger partial charge >= 0.3 is 0 Å². The summed E-state index contributed by atoms with van der Waals surface area (Å²) in [6.07, 6.45) is 5.88. The van der Waals surface area contributed by atoms with Crippen LogP contribution in [-0.2, 0) is 18.3 Å². The van der Waals surface area contributed by atoms with Gasteiger partial charge in [-0.15, -0.1) is 6.58 Å². The van der Waals surface area contributed by atoms with Crippen LogP contribution in [0.1, 0.15) is 58.2 Å². The number of aromatic hydroxyl groups is 4. The SMILES string of the molecule is C=CC(C)(C)c1c(O)c(CC=C(C)C)c2oc3c(O)c(O)cc(CC=C(C)C)c3c(=O)c2c1O. The van der Waals surface area contributed by atoms with Crippen molar-refractivity contribution in [2.24, 2.45) is 0 Å². The predicted octanol–water partition coefficient (Wildman–Crippen LogP) is 6.25. The molecule has 6 nitrogen and oxygen atoms in total. The monoisotopic (exact) mass is 464 g/mol. The molecule has 2 aromatic carbocycles. The number of rotatable bonds is 6. The van der Waals surface area contributed by atoms with Gasteiger partial charge in [0.2, 0.25) is 11.2 Å². The Hall–Kier alpha value is -3.67. The minimum Gasteiger partial charge on any atom is -0.507 e. The summed E-state index contributed by atoms with van der Waals surface area (Å²) in [7, 11) is 0. The number of phenolic OH excluding ortho intramolecular Hbond substituents is 4. The summed E-state index contributed by atoms with van der Waals surface area (Å²) in [4.78, 5) is 13.9. The summed E-state index contributed by atoms with van der Waals surface area (Å²) in [6.45, 7) is 15.0. The Morgan fingerprint density at radius 3 is 2.06 bits per heavy atom. The summed E-state index contributed by atoms with van der Waals surface area (Å²) in [5, 5.41) is 43.3. The molecule has 0 aliphatic heterocycles. The van der Waals surface area contributed by atoms with Crippen LogP contribution in [0, 0.1) is 0 Å². The molecule has 4 N–H and O–H groups in total. The molecule has 0 fully saturated rings. The van der Waals surface area contributed by atoms with E-state index in [1.54, 1.807) is 19.9 Å². The van der Waals surface area contributed by atoms with Crippen molar-refractivity contribution in [3.8, 4) is 23.0 Å². The van der Waals surface area contributed by atoms with Crippen LogP contribution < -0.4 is 5.43 Å². The molecule has 0 saturated heterocycles. The second kappa shape index (κ2) is 8.93. The standard InChI is InChI=1S/C28H32O6/c1-8-28(6,7)21-22(30)17(12-10-15(4)5)26-20(25(21)33)24(32)19-16(11-9-14(2)3)13-18(29)23(31)27(19)34-26/h8-10,13,29-31,33H,1,11-12H2,2-7H3. The lowest BCUT2D eigenvalue weighted by atomic mass is 9.81. The minimum atomic E-state index is -0.856. The number of allylic oxidation sites excluding steroid dienone is 5. The van der Waals surface area contributed by atoms with E-state index >= 15 is 0 Å². The molecular weight excluding hydrogens is 432 g/mol. The first kappa shape index (κ1) is 25.0. The number of phenols is 4. The molecule has 1 heterocycles. The molecule has 0 atom stereocenters. The quantitative estimate of drug-likeness (QED) is 0.195. The normalized spacial score (nSPS) is 11.6. The topological polar surface area (TPSA) is 111 Å². The fourth-order valence-electron chi connectivity index (χ4n) is 4.02. The third kappa shape index (κ3) is 4.16. The summed E-state index contributed by atoms with van der Waals surface area (Å²) in [6, 6.07) is 1.33. The van der Waals surface area contributed by atoms with Crippen LogP contribution in [0.25, 0.3) is 21.9 Å². The Morgan fingerprint density at radius 1 is 0.912 bits per heavy atom. The average Bonchev–Trinajstić information content (AvgIpc) is 2.74. The van der Waals surface area contributed by atoms with Gasteiger partial charge in [-0.25, -0.2) is 0 Å². The molecule has 0 amide bonds. The van der Waals surface area contributed by atoms with E-state index < -0.39 is 28.1 Å². The number of hydrogen-bond donors (Lipinski definition) is 4. The molecule has 3 rings (SSSR count). The molecule has 0 aliphatic carbocycles. The number of benzene rings is 2. The van der Waals surface area contributed by atoms with E-state index in [2.05, 4.69) is 6.58 Å². The van der Waals surface area contributed by atoms with E-state index in [1.165, 1.54) is 6.07 Å². The van der Waals surface area contributed by atoms with Gasteiger partial charge < -0.3 is 24.8 Å². The molecule has 34 heavy (non-hydrogen) atoms. The first-order chi connectivity index (χ1) is 15.8. The van der Waals surface area contributed by atoms with Crippen molar-refractivity contribution in [3.05, 3.63) is 68.9 Å². The highest BCUT2D eigenvalue weighted by Gasteiger charge is 2.32. The first-order valence-corrected chi connectivity index (χ1v) is 11.1. The number of fused-ring (bicyclic) bond motifs is 2. The van der Waals surface area contributed by atoms with Gasteiger partial charge in [0.05, 0.1) is 5.39 Å². The minimum absolute atomic E-state index is 0.0392. The molecule has 0 saturated carbocycles. The van der Waals surface area contributed by atoms with Gasteiger partial charge in [0.15, 0.2) is 11.3 Å². The lowest BCUT2D eigenvalue weighted by Crippen LogP contribution is -2.16. The summed E-state index contributed by atoms with van der Waals surface area (Å²) < 4.78 is 6.01. The third-order valence-electron chi connectivity index (χ3n) is 6.07. The smallest absolute Gasteiger partial charge is 0.204 e. The Labute approximate surface area is 198 Å². The predicted molar refractivity (Wildman–Crippen MR) is 136 cm³/mol. The lowest BCUT2D eigenvalue weighted by molar-refractivity contribution is 0.400. The van der Waals surface area contributed by atoms with E-state index in [0.29, 0.717) is 17.5 Å². The van der Waals surface area contributed by atoms with Crippen LogP contribution in [0.15, 0.2) is 51.2 Å². The van der Waals surface area contributed by atoms with E-state index in [1.807, 2.05) is 39.8 Å². The average molecular weight is 465 g/mol. The van der Waals surface area contributed by atoms with Gasteiger partial charge in [-0.05, 0) is 52.2 Å². The van der Waals surface area contributed by atoms with Crippen molar-refractivity contribution >= 4 is 21.9 Å². The highest BCUT2D eigenvalue weighted by atomic mass is 16.4. The largest absolute Gasteiger partial charge is 0.507 e. The highest BCUT2D eigenvalue weighted by Crippen LogP contribution is 2.47. The molecule has 6 heteroatoms. The Morgan fingerprint density at radius 2 is 1.50 bits per heavy atom. The number of hydrogen-bond acceptors (Lipinski definition) is 6. The fourth-order valence-corrected chi connectivity index (χ4v) is 4.02. The second-order valence-electron chi connectivity index (χ2n) is 9.69. The fraction of sp³-hybridized carbons (Fsp3) is 0.321. The summed E-state index contributed by atoms with van der Waals surface area (Å²) >= 11 is 0. The molecule has 180 valence electrons. The van der Waals surface area contributed by atoms with Crippen LogP contribution in [0.4, 0.5) is 0 Å². The van der Waals surface area contributed by atoms with Gasteiger partial charge in [-0.1, -0.05) is 43.2 Å². The van der Waals surface area contributed by atoms with E-state index in [-0.39, 0.29) is 39.7 Å². The van der Waals surface area contributed by atoms with Crippen molar-refractivity contribution in [1.82, 2.24) is 0 Å². The third-order valence-corrected chi connectivity index (χ3v) is 6.07. The zero-order valence-corrected chi connectivity index (χ0v) is 20.5. The maximum atomic E-state index is 13.9. The maximum Gasteiger partial charge on any atom is 0.204 e. The van der Waals surface area contributed by atoms with Crippen molar-refractivity contribution < 1.29 is 24.8 Å². The molecule has 0 bridgehead atoms. The molecular formula is C28H32O6. The Bertz CT molecular complexity index is 1430. The van der Waals surface area contributed by atoms with Crippen LogP contribution in [-0.4, -0.2) is 20.4 Å². The van der Waals surface area contributed by atoms with Crippen molar-refractivity contribution in [2.75, 3.05) is 0 Å². The van der Waals surface area contributed by atoms with Crippen LogP contribution >= 0.6 is 0 Å². The summed E-state index contributed by atoms with van der Waals surface area (Å²) in [5.74, 6) is -1.59. The van der Waals surface area contributed by atoms with Crippen molar-refractivity contribution in [2.45, 2.75) is 59.8 Å². The zero-order chi connectivity index (χ0) is 25.5. The molecule has 0 radical (unpaired) electrons.